The molecule has 0 aliphatic rings. The number of sulfone groups is 1. The number of rotatable bonds is 5. The Morgan fingerprint density at radius 2 is 1.91 bits per heavy atom. The lowest BCUT2D eigenvalue weighted by Crippen LogP contribution is -2.10. The minimum Gasteiger partial charge on any atom is -0.360 e. The molecule has 6 nitrogen and oxygen atoms in total. The van der Waals surface area contributed by atoms with Crippen molar-refractivity contribution in [3.05, 3.63) is 60.1 Å². The Labute approximate surface area is 128 Å². The van der Waals surface area contributed by atoms with E-state index in [1.54, 1.807) is 30.1 Å². The fourth-order valence-electron chi connectivity index (χ4n) is 2.16. The van der Waals surface area contributed by atoms with Crippen LogP contribution in [0.15, 0.2) is 53.2 Å². The summed E-state index contributed by atoms with van der Waals surface area (Å²) in [5.74, 6) is 0.0733. The van der Waals surface area contributed by atoms with Gasteiger partial charge in [0.15, 0.2) is 15.6 Å². The van der Waals surface area contributed by atoms with Gasteiger partial charge in [-0.15, -0.1) is 0 Å². The van der Waals surface area contributed by atoms with Crippen LogP contribution in [-0.2, 0) is 28.4 Å². The molecule has 3 aromatic rings. The van der Waals surface area contributed by atoms with Crippen molar-refractivity contribution < 1.29 is 12.9 Å². The van der Waals surface area contributed by atoms with Crippen LogP contribution in [0.25, 0.3) is 11.3 Å². The molecule has 0 saturated carbocycles. The maximum atomic E-state index is 12.2. The van der Waals surface area contributed by atoms with E-state index in [1.165, 1.54) is 0 Å². The molecular weight excluding hydrogens is 302 g/mol. The van der Waals surface area contributed by atoms with E-state index in [4.69, 9.17) is 4.52 Å². The van der Waals surface area contributed by atoms with Crippen LogP contribution in [0.2, 0.25) is 0 Å². The van der Waals surface area contributed by atoms with Gasteiger partial charge in [-0.05, 0) is 6.07 Å². The summed E-state index contributed by atoms with van der Waals surface area (Å²) < 4.78 is 31.2. The van der Waals surface area contributed by atoms with Crippen LogP contribution >= 0.6 is 0 Å². The van der Waals surface area contributed by atoms with Gasteiger partial charge < -0.3 is 4.52 Å². The molecule has 0 radical (unpaired) electrons. The number of nitrogens with zero attached hydrogens (tertiary/aromatic N) is 3. The van der Waals surface area contributed by atoms with Crippen molar-refractivity contribution in [3.8, 4) is 11.3 Å². The first-order valence-corrected chi connectivity index (χ1v) is 8.54. The fraction of sp³-hybridized carbons (Fsp3) is 0.200. The molecular formula is C15H15N3O3S. The quantitative estimate of drug-likeness (QED) is 0.721. The second kappa shape index (κ2) is 5.76. The van der Waals surface area contributed by atoms with Crippen molar-refractivity contribution in [2.75, 3.05) is 0 Å². The van der Waals surface area contributed by atoms with E-state index in [2.05, 4.69) is 10.3 Å². The Bertz CT molecular complexity index is 866. The van der Waals surface area contributed by atoms with E-state index in [0.717, 1.165) is 5.56 Å². The Morgan fingerprint density at radius 3 is 2.59 bits per heavy atom. The van der Waals surface area contributed by atoms with Gasteiger partial charge in [-0.25, -0.2) is 8.42 Å². The molecule has 3 rings (SSSR count). The predicted molar refractivity (Wildman–Crippen MR) is 81.5 cm³/mol. The number of hydrogen-bond donors (Lipinski definition) is 0. The van der Waals surface area contributed by atoms with Crippen LogP contribution in [0, 0.1) is 0 Å². The van der Waals surface area contributed by atoms with E-state index in [0.29, 0.717) is 17.1 Å². The molecule has 22 heavy (non-hydrogen) atoms. The van der Waals surface area contributed by atoms with Gasteiger partial charge in [0.25, 0.3) is 0 Å². The van der Waals surface area contributed by atoms with Gasteiger partial charge in [0.1, 0.15) is 11.4 Å². The van der Waals surface area contributed by atoms with Gasteiger partial charge in [-0.1, -0.05) is 35.5 Å². The normalized spacial score (nSPS) is 11.7. The van der Waals surface area contributed by atoms with Crippen LogP contribution in [0.1, 0.15) is 11.5 Å². The molecule has 2 aromatic heterocycles. The number of benzene rings is 1. The minimum absolute atomic E-state index is 0.0785. The highest BCUT2D eigenvalue weighted by molar-refractivity contribution is 7.89. The van der Waals surface area contributed by atoms with Crippen LogP contribution in [0.4, 0.5) is 0 Å². The Hall–Kier alpha value is -2.41. The maximum Gasteiger partial charge on any atom is 0.163 e. The van der Waals surface area contributed by atoms with Gasteiger partial charge in [-0.3, -0.25) is 4.68 Å². The van der Waals surface area contributed by atoms with Crippen molar-refractivity contribution in [3.63, 3.8) is 0 Å². The van der Waals surface area contributed by atoms with Crippen molar-refractivity contribution in [2.45, 2.75) is 11.5 Å². The number of aromatic nitrogens is 3. The van der Waals surface area contributed by atoms with Crippen molar-refractivity contribution in [1.82, 2.24) is 14.9 Å². The standard InChI is InChI=1S/C15H15N3O3S/c1-18-13(7-8-16-18)10-22(19,20)11-14-9-15(17-21-14)12-5-3-2-4-6-12/h2-9H,10-11H2,1H3. The molecule has 114 valence electrons. The molecule has 0 aliphatic heterocycles. The number of aryl methyl sites for hydroxylation is 1. The first kappa shape index (κ1) is 14.5. The second-order valence-electron chi connectivity index (χ2n) is 5.02. The van der Waals surface area contributed by atoms with Gasteiger partial charge in [0.05, 0.1) is 11.4 Å². The summed E-state index contributed by atoms with van der Waals surface area (Å²) in [5, 5.41) is 7.90. The zero-order valence-electron chi connectivity index (χ0n) is 12.0. The molecule has 1 aromatic carbocycles. The molecule has 0 spiro atoms. The smallest absolute Gasteiger partial charge is 0.163 e. The molecule has 0 N–H and O–H groups in total. The topological polar surface area (TPSA) is 78.0 Å². The molecule has 0 unspecified atom stereocenters. The molecule has 0 amide bonds. The summed E-state index contributed by atoms with van der Waals surface area (Å²) in [6, 6.07) is 12.8. The molecule has 0 aliphatic carbocycles. The minimum atomic E-state index is -3.34. The van der Waals surface area contributed by atoms with Gasteiger partial charge in [0, 0.05) is 24.9 Å². The summed E-state index contributed by atoms with van der Waals surface area (Å²) in [4.78, 5) is 0. The highest BCUT2D eigenvalue weighted by Gasteiger charge is 2.18. The highest BCUT2D eigenvalue weighted by atomic mass is 32.2. The Kier molecular flexibility index (Phi) is 3.81. The average Bonchev–Trinajstić information content (AvgIpc) is 3.09. The lowest BCUT2D eigenvalue weighted by molar-refractivity contribution is 0.395. The van der Waals surface area contributed by atoms with E-state index in [9.17, 15) is 8.42 Å². The van der Waals surface area contributed by atoms with E-state index in [1.807, 2.05) is 30.3 Å². The molecule has 0 fully saturated rings. The van der Waals surface area contributed by atoms with E-state index < -0.39 is 9.84 Å². The third-order valence-corrected chi connectivity index (χ3v) is 4.74. The summed E-state index contributed by atoms with van der Waals surface area (Å²) in [5.41, 5.74) is 2.16. The number of hydrogen-bond acceptors (Lipinski definition) is 5. The maximum absolute atomic E-state index is 12.2. The largest absolute Gasteiger partial charge is 0.360 e. The first-order chi connectivity index (χ1) is 10.5. The zero-order valence-corrected chi connectivity index (χ0v) is 12.8. The SMILES string of the molecule is Cn1nccc1CS(=O)(=O)Cc1cc(-c2ccccc2)no1. The van der Waals surface area contributed by atoms with Crippen LogP contribution in [-0.4, -0.2) is 23.4 Å². The summed E-state index contributed by atoms with van der Waals surface area (Å²) >= 11 is 0. The summed E-state index contributed by atoms with van der Waals surface area (Å²) in [6.45, 7) is 0. The fourth-order valence-corrected chi connectivity index (χ4v) is 3.57. The Morgan fingerprint density at radius 1 is 1.14 bits per heavy atom. The third kappa shape index (κ3) is 3.25. The lowest BCUT2D eigenvalue weighted by Gasteiger charge is -2.02. The van der Waals surface area contributed by atoms with Crippen molar-refractivity contribution >= 4 is 9.84 Å². The average molecular weight is 317 g/mol. The van der Waals surface area contributed by atoms with E-state index in [-0.39, 0.29) is 11.5 Å². The van der Waals surface area contributed by atoms with Crippen molar-refractivity contribution in [2.24, 2.45) is 7.05 Å². The Balaban J connectivity index is 1.76. The molecule has 2 heterocycles. The van der Waals surface area contributed by atoms with Crippen LogP contribution in [0.3, 0.4) is 0 Å². The molecule has 0 atom stereocenters. The first-order valence-electron chi connectivity index (χ1n) is 6.72. The van der Waals surface area contributed by atoms with Crippen molar-refractivity contribution in [1.29, 1.82) is 0 Å². The molecule has 0 bridgehead atoms. The second-order valence-corrected chi connectivity index (χ2v) is 7.09. The monoisotopic (exact) mass is 317 g/mol. The summed E-state index contributed by atoms with van der Waals surface area (Å²) in [7, 11) is -1.63. The van der Waals surface area contributed by atoms with Crippen LogP contribution in [0.5, 0.6) is 0 Å². The predicted octanol–water partition coefficient (Wildman–Crippen LogP) is 2.19. The summed E-state index contributed by atoms with van der Waals surface area (Å²) in [6.07, 6.45) is 1.58. The zero-order chi connectivity index (χ0) is 15.6. The third-order valence-electron chi connectivity index (χ3n) is 3.28. The van der Waals surface area contributed by atoms with Gasteiger partial charge >= 0.3 is 0 Å². The lowest BCUT2D eigenvalue weighted by atomic mass is 10.1. The van der Waals surface area contributed by atoms with Gasteiger partial charge in [-0.2, -0.15) is 5.10 Å². The van der Waals surface area contributed by atoms with Gasteiger partial charge in [0.2, 0.25) is 0 Å². The molecule has 0 saturated heterocycles. The highest BCUT2D eigenvalue weighted by Crippen LogP contribution is 2.20. The van der Waals surface area contributed by atoms with E-state index >= 15 is 0 Å². The van der Waals surface area contributed by atoms with Crippen LogP contribution < -0.4 is 0 Å². The molecule has 7 heteroatoms.